The van der Waals surface area contributed by atoms with Gasteiger partial charge in [0.05, 0.1) is 12.0 Å². The molecule has 31 heavy (non-hydrogen) atoms. The second-order valence-corrected chi connectivity index (χ2v) is 8.69. The van der Waals surface area contributed by atoms with Gasteiger partial charge in [0.1, 0.15) is 12.8 Å². The first-order valence-electron chi connectivity index (χ1n) is 10.6. The van der Waals surface area contributed by atoms with E-state index in [1.54, 1.807) is 29.6 Å². The minimum Gasteiger partial charge on any atom is -0.364 e. The van der Waals surface area contributed by atoms with E-state index in [0.717, 1.165) is 23.4 Å². The van der Waals surface area contributed by atoms with E-state index in [1.165, 1.54) is 0 Å². The van der Waals surface area contributed by atoms with Crippen LogP contribution in [0.1, 0.15) is 29.3 Å². The highest BCUT2D eigenvalue weighted by Crippen LogP contribution is 2.35. The van der Waals surface area contributed by atoms with Gasteiger partial charge in [-0.05, 0) is 25.5 Å². The number of likely N-dealkylation sites (tertiary alicyclic amines) is 1. The molecule has 5 rings (SSSR count). The molecule has 3 aromatic rings. The van der Waals surface area contributed by atoms with Crippen LogP contribution in [-0.4, -0.2) is 55.1 Å². The van der Waals surface area contributed by atoms with Crippen LogP contribution in [0.5, 0.6) is 0 Å². The normalized spacial score (nSPS) is 20.1. The molecule has 1 fully saturated rings. The van der Waals surface area contributed by atoms with E-state index in [2.05, 4.69) is 21.1 Å². The quantitative estimate of drug-likeness (QED) is 0.595. The lowest BCUT2D eigenvalue weighted by Gasteiger charge is -2.43. The molecule has 2 aliphatic heterocycles. The Morgan fingerprint density at radius 2 is 2.13 bits per heavy atom. The number of pyridine rings is 1. The zero-order valence-electron chi connectivity index (χ0n) is 17.6. The SMILES string of the molecule is CN(Cc1ccon1)Cc1ccc2n(c1=O)C[C@H]1C[C@@H]2CN(C(=O)Cn2ccnc2)C1. The van der Waals surface area contributed by atoms with Crippen LogP contribution in [0.3, 0.4) is 0 Å². The molecule has 1 saturated heterocycles. The molecule has 0 aliphatic carbocycles. The van der Waals surface area contributed by atoms with Gasteiger partial charge in [0, 0.05) is 68.4 Å². The van der Waals surface area contributed by atoms with Crippen LogP contribution in [-0.2, 0) is 31.0 Å². The summed E-state index contributed by atoms with van der Waals surface area (Å²) >= 11 is 0. The molecule has 2 aliphatic rings. The summed E-state index contributed by atoms with van der Waals surface area (Å²) in [5.41, 5.74) is 2.75. The number of amides is 1. The summed E-state index contributed by atoms with van der Waals surface area (Å²) in [6, 6.07) is 5.85. The molecule has 9 heteroatoms. The summed E-state index contributed by atoms with van der Waals surface area (Å²) in [4.78, 5) is 34.0. The van der Waals surface area contributed by atoms with Gasteiger partial charge in [-0.2, -0.15) is 0 Å². The second kappa shape index (κ2) is 8.14. The molecule has 0 aromatic carbocycles. The third-order valence-corrected chi connectivity index (χ3v) is 6.28. The molecule has 1 amide bonds. The van der Waals surface area contributed by atoms with E-state index in [9.17, 15) is 9.59 Å². The van der Waals surface area contributed by atoms with Crippen molar-refractivity contribution in [1.82, 2.24) is 29.1 Å². The number of fused-ring (bicyclic) bond motifs is 4. The molecule has 0 saturated carbocycles. The van der Waals surface area contributed by atoms with Crippen molar-refractivity contribution in [2.45, 2.75) is 38.5 Å². The molecule has 2 bridgehead atoms. The van der Waals surface area contributed by atoms with Crippen molar-refractivity contribution in [1.29, 1.82) is 0 Å². The zero-order valence-corrected chi connectivity index (χ0v) is 17.6. The lowest BCUT2D eigenvalue weighted by atomic mass is 9.83. The number of rotatable bonds is 6. The Balaban J connectivity index is 1.30. The van der Waals surface area contributed by atoms with Gasteiger partial charge >= 0.3 is 0 Å². The highest BCUT2D eigenvalue weighted by molar-refractivity contribution is 5.76. The largest absolute Gasteiger partial charge is 0.364 e. The van der Waals surface area contributed by atoms with Crippen LogP contribution in [0.25, 0.3) is 0 Å². The number of carbonyl (C=O) groups excluding carboxylic acids is 1. The van der Waals surface area contributed by atoms with Crippen molar-refractivity contribution < 1.29 is 9.32 Å². The van der Waals surface area contributed by atoms with Crippen LogP contribution in [0.15, 0.2) is 52.5 Å². The summed E-state index contributed by atoms with van der Waals surface area (Å²) in [6.45, 7) is 3.51. The molecular weight excluding hydrogens is 396 g/mol. The van der Waals surface area contributed by atoms with E-state index in [1.807, 2.05) is 28.6 Å². The maximum Gasteiger partial charge on any atom is 0.255 e. The summed E-state index contributed by atoms with van der Waals surface area (Å²) in [5, 5.41) is 3.94. The van der Waals surface area contributed by atoms with Crippen LogP contribution >= 0.6 is 0 Å². The van der Waals surface area contributed by atoms with Crippen LogP contribution in [0.2, 0.25) is 0 Å². The van der Waals surface area contributed by atoms with Crippen LogP contribution in [0, 0.1) is 5.92 Å². The highest BCUT2D eigenvalue weighted by atomic mass is 16.5. The summed E-state index contributed by atoms with van der Waals surface area (Å²) in [6.07, 6.45) is 7.73. The third-order valence-electron chi connectivity index (χ3n) is 6.28. The molecule has 0 spiro atoms. The standard InChI is InChI=1S/C22H26N6O3/c1-25(13-19-4-7-31-24-19)11-17-2-3-20-18-8-16(10-28(20)22(17)30)9-27(12-18)21(29)14-26-6-5-23-15-26/h2-7,15-16,18H,8-14H2,1H3/t16-,18+/m0/s1. The molecule has 0 N–H and O–H groups in total. The van der Waals surface area contributed by atoms with Gasteiger partial charge in [0.15, 0.2) is 0 Å². The number of aromatic nitrogens is 4. The Kier molecular flexibility index (Phi) is 5.19. The maximum absolute atomic E-state index is 13.2. The number of hydrogen-bond donors (Lipinski definition) is 0. The van der Waals surface area contributed by atoms with Gasteiger partial charge in [-0.3, -0.25) is 14.5 Å². The number of piperidine rings is 1. The smallest absolute Gasteiger partial charge is 0.255 e. The molecule has 5 heterocycles. The van der Waals surface area contributed by atoms with Crippen LogP contribution < -0.4 is 5.56 Å². The molecule has 2 atom stereocenters. The van der Waals surface area contributed by atoms with Gasteiger partial charge in [-0.15, -0.1) is 0 Å². The van der Waals surface area contributed by atoms with Crippen molar-refractivity contribution in [3.63, 3.8) is 0 Å². The zero-order chi connectivity index (χ0) is 21.4. The fourth-order valence-electron chi connectivity index (χ4n) is 4.89. The maximum atomic E-state index is 13.2. The first-order valence-corrected chi connectivity index (χ1v) is 10.6. The first-order chi connectivity index (χ1) is 15.1. The first kappa shape index (κ1) is 19.7. The monoisotopic (exact) mass is 422 g/mol. The Labute approximate surface area is 179 Å². The number of nitrogens with zero attached hydrogens (tertiary/aromatic N) is 6. The van der Waals surface area contributed by atoms with Gasteiger partial charge < -0.3 is 18.6 Å². The Morgan fingerprint density at radius 1 is 1.23 bits per heavy atom. The van der Waals surface area contributed by atoms with E-state index in [0.29, 0.717) is 45.2 Å². The Bertz CT molecular complexity index is 1100. The average molecular weight is 422 g/mol. The van der Waals surface area contributed by atoms with Crippen molar-refractivity contribution in [3.8, 4) is 0 Å². The molecule has 0 unspecified atom stereocenters. The predicted molar refractivity (Wildman–Crippen MR) is 112 cm³/mol. The number of carbonyl (C=O) groups is 1. The van der Waals surface area contributed by atoms with Crippen molar-refractivity contribution in [3.05, 3.63) is 70.5 Å². The summed E-state index contributed by atoms with van der Waals surface area (Å²) in [5.74, 6) is 0.613. The van der Waals surface area contributed by atoms with Crippen molar-refractivity contribution >= 4 is 5.91 Å². The minimum atomic E-state index is 0.0809. The summed E-state index contributed by atoms with van der Waals surface area (Å²) in [7, 11) is 1.97. The van der Waals surface area contributed by atoms with Crippen molar-refractivity contribution in [2.75, 3.05) is 20.1 Å². The van der Waals surface area contributed by atoms with Gasteiger partial charge in [-0.1, -0.05) is 11.2 Å². The van der Waals surface area contributed by atoms with Crippen LogP contribution in [0.4, 0.5) is 0 Å². The minimum absolute atomic E-state index is 0.0809. The molecule has 3 aromatic heterocycles. The second-order valence-electron chi connectivity index (χ2n) is 8.69. The fourth-order valence-corrected chi connectivity index (χ4v) is 4.89. The van der Waals surface area contributed by atoms with Gasteiger partial charge in [0.25, 0.3) is 5.56 Å². The van der Waals surface area contributed by atoms with E-state index >= 15 is 0 Å². The van der Waals surface area contributed by atoms with E-state index in [4.69, 9.17) is 4.52 Å². The van der Waals surface area contributed by atoms with Gasteiger partial charge in [-0.25, -0.2) is 4.98 Å². The Morgan fingerprint density at radius 3 is 2.90 bits per heavy atom. The predicted octanol–water partition coefficient (Wildman–Crippen LogP) is 1.31. The van der Waals surface area contributed by atoms with E-state index in [-0.39, 0.29) is 17.4 Å². The van der Waals surface area contributed by atoms with Crippen molar-refractivity contribution in [2.24, 2.45) is 5.92 Å². The fraction of sp³-hybridized carbons (Fsp3) is 0.455. The topological polar surface area (TPSA) is 89.4 Å². The third kappa shape index (κ3) is 4.05. The molecular formula is C22H26N6O3. The summed E-state index contributed by atoms with van der Waals surface area (Å²) < 4.78 is 8.62. The average Bonchev–Trinajstić information content (AvgIpc) is 3.44. The number of imidazole rings is 1. The molecule has 162 valence electrons. The number of hydrogen-bond acceptors (Lipinski definition) is 6. The lowest BCUT2D eigenvalue weighted by molar-refractivity contribution is -0.134. The van der Waals surface area contributed by atoms with Gasteiger partial charge in [0.2, 0.25) is 5.91 Å². The highest BCUT2D eigenvalue weighted by Gasteiger charge is 2.36. The lowest BCUT2D eigenvalue weighted by Crippen LogP contribution is -2.50. The van der Waals surface area contributed by atoms with E-state index < -0.39 is 0 Å². The Hall–Kier alpha value is -3.20. The molecule has 0 radical (unpaired) electrons. The molecule has 9 nitrogen and oxygen atoms in total.